The Morgan fingerprint density at radius 1 is 1.29 bits per heavy atom. The molecule has 1 aliphatic rings. The van der Waals surface area contributed by atoms with E-state index in [1.807, 2.05) is 0 Å². The van der Waals surface area contributed by atoms with Gasteiger partial charge in [-0.1, -0.05) is 24.3 Å². The fraction of sp³-hybridized carbons (Fsp3) is 0.385. The molecule has 2 rings (SSSR count). The van der Waals surface area contributed by atoms with E-state index < -0.39 is 11.4 Å². The van der Waals surface area contributed by atoms with Gasteiger partial charge in [-0.05, 0) is 24.0 Å². The number of aliphatic carboxylic acids is 1. The second-order valence-electron chi connectivity index (χ2n) is 4.34. The summed E-state index contributed by atoms with van der Waals surface area (Å²) in [7, 11) is 1.35. The van der Waals surface area contributed by atoms with Gasteiger partial charge in [-0.15, -0.1) is 0 Å². The summed E-state index contributed by atoms with van der Waals surface area (Å²) in [6.07, 6.45) is 1.61. The molecule has 0 atom stereocenters. The van der Waals surface area contributed by atoms with Gasteiger partial charge in [0.1, 0.15) is 0 Å². The number of rotatable bonds is 4. The molecule has 0 spiro atoms. The number of carbonyl (C=O) groups excluding carboxylic acids is 1. The van der Waals surface area contributed by atoms with Crippen molar-refractivity contribution >= 4 is 11.9 Å². The second-order valence-corrected chi connectivity index (χ2v) is 4.34. The summed E-state index contributed by atoms with van der Waals surface area (Å²) in [5.41, 5.74) is 0.976. The van der Waals surface area contributed by atoms with Crippen LogP contribution in [0.25, 0.3) is 0 Å². The van der Waals surface area contributed by atoms with E-state index in [-0.39, 0.29) is 12.4 Å². The van der Waals surface area contributed by atoms with E-state index in [1.165, 1.54) is 7.11 Å². The fourth-order valence-electron chi connectivity index (χ4n) is 1.93. The average Bonchev–Trinajstić information content (AvgIpc) is 3.11. The molecule has 1 aromatic rings. The summed E-state index contributed by atoms with van der Waals surface area (Å²) in [6.45, 7) is 0. The zero-order chi connectivity index (χ0) is 12.5. The molecule has 0 unspecified atom stereocenters. The first-order valence-electron chi connectivity index (χ1n) is 5.48. The number of ether oxygens (including phenoxy) is 1. The lowest BCUT2D eigenvalue weighted by molar-refractivity contribution is -0.140. The van der Waals surface area contributed by atoms with Crippen LogP contribution >= 0.6 is 0 Å². The van der Waals surface area contributed by atoms with Gasteiger partial charge in [0.2, 0.25) is 0 Å². The molecule has 1 aliphatic carbocycles. The van der Waals surface area contributed by atoms with Crippen LogP contribution in [-0.2, 0) is 26.2 Å². The molecule has 0 amide bonds. The van der Waals surface area contributed by atoms with Crippen LogP contribution in [0.4, 0.5) is 0 Å². The highest BCUT2D eigenvalue weighted by atomic mass is 16.5. The quantitative estimate of drug-likeness (QED) is 0.802. The maximum Gasteiger partial charge on any atom is 0.314 e. The number of carbonyl (C=O) groups is 2. The van der Waals surface area contributed by atoms with E-state index in [1.54, 1.807) is 24.3 Å². The van der Waals surface area contributed by atoms with E-state index in [2.05, 4.69) is 4.74 Å². The number of methoxy groups -OCH3 is 1. The number of hydrogen-bond donors (Lipinski definition) is 1. The Kier molecular flexibility index (Phi) is 2.88. The zero-order valence-corrected chi connectivity index (χ0v) is 9.60. The summed E-state index contributed by atoms with van der Waals surface area (Å²) < 4.78 is 4.57. The van der Waals surface area contributed by atoms with Crippen molar-refractivity contribution in [1.82, 2.24) is 0 Å². The first kappa shape index (κ1) is 11.6. The minimum absolute atomic E-state index is 0.219. The Morgan fingerprint density at radius 3 is 2.29 bits per heavy atom. The molecular weight excluding hydrogens is 220 g/mol. The van der Waals surface area contributed by atoms with Crippen molar-refractivity contribution in [3.05, 3.63) is 35.4 Å². The lowest BCUT2D eigenvalue weighted by Crippen LogP contribution is -2.19. The highest BCUT2D eigenvalue weighted by molar-refractivity contribution is 5.85. The molecule has 4 nitrogen and oxygen atoms in total. The van der Waals surface area contributed by atoms with E-state index >= 15 is 0 Å². The Morgan fingerprint density at radius 2 is 1.88 bits per heavy atom. The average molecular weight is 234 g/mol. The molecule has 0 heterocycles. The van der Waals surface area contributed by atoms with Crippen LogP contribution in [-0.4, -0.2) is 24.2 Å². The number of carboxylic acids is 1. The molecule has 0 bridgehead atoms. The minimum atomic E-state index is -0.766. The van der Waals surface area contributed by atoms with E-state index in [0.717, 1.165) is 11.1 Å². The van der Waals surface area contributed by atoms with Crippen molar-refractivity contribution in [2.24, 2.45) is 0 Å². The molecule has 0 aliphatic heterocycles. The van der Waals surface area contributed by atoms with Gasteiger partial charge in [0.05, 0.1) is 18.9 Å². The SMILES string of the molecule is COC(=O)Cc1ccc(C2(C(=O)O)CC2)cc1. The van der Waals surface area contributed by atoms with Crippen molar-refractivity contribution in [3.63, 3.8) is 0 Å². The van der Waals surface area contributed by atoms with Crippen molar-refractivity contribution in [2.75, 3.05) is 7.11 Å². The van der Waals surface area contributed by atoms with Crippen LogP contribution in [0.1, 0.15) is 24.0 Å². The largest absolute Gasteiger partial charge is 0.481 e. The standard InChI is InChI=1S/C13H14O4/c1-17-11(14)8-9-2-4-10(5-3-9)13(6-7-13)12(15)16/h2-5H,6-8H2,1H3,(H,15,16). The van der Waals surface area contributed by atoms with Crippen LogP contribution < -0.4 is 0 Å². The van der Waals surface area contributed by atoms with E-state index in [4.69, 9.17) is 5.11 Å². The molecule has 17 heavy (non-hydrogen) atoms. The summed E-state index contributed by atoms with van der Waals surface area (Å²) in [4.78, 5) is 22.2. The first-order valence-corrected chi connectivity index (χ1v) is 5.48. The normalized spacial score (nSPS) is 16.3. The topological polar surface area (TPSA) is 63.6 Å². The molecular formula is C13H14O4. The van der Waals surface area contributed by atoms with Gasteiger partial charge in [-0.25, -0.2) is 0 Å². The Bertz CT molecular complexity index is 443. The van der Waals surface area contributed by atoms with Crippen LogP contribution in [0.5, 0.6) is 0 Å². The lowest BCUT2D eigenvalue weighted by atomic mass is 9.95. The third kappa shape index (κ3) is 2.16. The van der Waals surface area contributed by atoms with E-state index in [9.17, 15) is 9.59 Å². The van der Waals surface area contributed by atoms with Gasteiger partial charge in [-0.2, -0.15) is 0 Å². The van der Waals surface area contributed by atoms with E-state index in [0.29, 0.717) is 12.8 Å². The number of hydrogen-bond acceptors (Lipinski definition) is 3. The molecule has 1 saturated carbocycles. The Balaban J connectivity index is 2.14. The van der Waals surface area contributed by atoms with Crippen molar-refractivity contribution in [2.45, 2.75) is 24.7 Å². The molecule has 1 fully saturated rings. The molecule has 1 N–H and O–H groups in total. The van der Waals surface area contributed by atoms with Gasteiger partial charge in [0, 0.05) is 0 Å². The highest BCUT2D eigenvalue weighted by Gasteiger charge is 2.51. The maximum absolute atomic E-state index is 11.1. The third-order valence-electron chi connectivity index (χ3n) is 3.24. The highest BCUT2D eigenvalue weighted by Crippen LogP contribution is 2.48. The predicted molar refractivity (Wildman–Crippen MR) is 60.7 cm³/mol. The summed E-state index contributed by atoms with van der Waals surface area (Å²) in [5, 5.41) is 9.14. The van der Waals surface area contributed by atoms with Crippen LogP contribution in [0, 0.1) is 0 Å². The molecule has 1 aromatic carbocycles. The molecule has 0 aromatic heterocycles. The van der Waals surface area contributed by atoms with Crippen molar-refractivity contribution < 1.29 is 19.4 Å². The molecule has 90 valence electrons. The van der Waals surface area contributed by atoms with Gasteiger partial charge in [0.15, 0.2) is 0 Å². The second kappa shape index (κ2) is 4.20. The van der Waals surface area contributed by atoms with Crippen molar-refractivity contribution in [1.29, 1.82) is 0 Å². The molecule has 0 radical (unpaired) electrons. The summed E-state index contributed by atoms with van der Waals surface area (Å²) in [5.74, 6) is -1.06. The van der Waals surface area contributed by atoms with Gasteiger partial charge >= 0.3 is 11.9 Å². The maximum atomic E-state index is 11.1. The fourth-order valence-corrected chi connectivity index (χ4v) is 1.93. The Hall–Kier alpha value is -1.84. The van der Waals surface area contributed by atoms with Crippen LogP contribution in [0.3, 0.4) is 0 Å². The lowest BCUT2D eigenvalue weighted by Gasteiger charge is -2.10. The number of esters is 1. The smallest absolute Gasteiger partial charge is 0.314 e. The minimum Gasteiger partial charge on any atom is -0.481 e. The van der Waals surface area contributed by atoms with Gasteiger partial charge in [-0.3, -0.25) is 9.59 Å². The number of benzene rings is 1. The van der Waals surface area contributed by atoms with Gasteiger partial charge < -0.3 is 9.84 Å². The summed E-state index contributed by atoms with van der Waals surface area (Å²) in [6, 6.07) is 7.16. The Labute approximate surface area is 99.2 Å². The first-order chi connectivity index (χ1) is 8.08. The molecule has 4 heteroatoms. The molecule has 0 saturated heterocycles. The zero-order valence-electron chi connectivity index (χ0n) is 9.60. The van der Waals surface area contributed by atoms with Gasteiger partial charge in [0.25, 0.3) is 0 Å². The summed E-state index contributed by atoms with van der Waals surface area (Å²) >= 11 is 0. The van der Waals surface area contributed by atoms with Crippen LogP contribution in [0.2, 0.25) is 0 Å². The third-order valence-corrected chi connectivity index (χ3v) is 3.24. The van der Waals surface area contributed by atoms with Crippen molar-refractivity contribution in [3.8, 4) is 0 Å². The number of carboxylic acid groups (broad SMARTS) is 1. The predicted octanol–water partition coefficient (Wildman–Crippen LogP) is 1.52. The monoisotopic (exact) mass is 234 g/mol. The van der Waals surface area contributed by atoms with Crippen LogP contribution in [0.15, 0.2) is 24.3 Å².